The van der Waals surface area contributed by atoms with Crippen molar-refractivity contribution in [2.24, 2.45) is 0 Å². The van der Waals surface area contributed by atoms with E-state index in [2.05, 4.69) is 0 Å². The monoisotopic (exact) mass is 388 g/mol. The van der Waals surface area contributed by atoms with Gasteiger partial charge in [0.25, 0.3) is 0 Å². The Morgan fingerprint density at radius 1 is 0.889 bits per heavy atom. The normalized spacial score (nSPS) is 15.2. The molecule has 3 rings (SSSR count). The molecule has 1 aliphatic rings. The maximum absolute atomic E-state index is 13.4. The van der Waals surface area contributed by atoms with E-state index >= 15 is 0 Å². The third-order valence-corrected chi connectivity index (χ3v) is 6.26. The minimum atomic E-state index is -3.97. The molecule has 1 fully saturated rings. The van der Waals surface area contributed by atoms with Crippen LogP contribution in [-0.2, 0) is 10.0 Å². The zero-order chi connectivity index (χ0) is 19.6. The molecule has 0 unspecified atom stereocenters. The smallest absolute Gasteiger partial charge is 0.243 e. The van der Waals surface area contributed by atoms with Crippen LogP contribution in [0.25, 0.3) is 0 Å². The Morgan fingerprint density at radius 2 is 1.48 bits per heavy atom. The van der Waals surface area contributed by atoms with Crippen molar-refractivity contribution in [2.45, 2.75) is 4.90 Å². The summed E-state index contributed by atoms with van der Waals surface area (Å²) in [6.45, 7) is 0.699. The second-order valence-corrected chi connectivity index (χ2v) is 7.83. The van der Waals surface area contributed by atoms with Gasteiger partial charge in [0.15, 0.2) is 11.6 Å². The molecule has 9 heteroatoms. The van der Waals surface area contributed by atoms with Crippen molar-refractivity contribution in [1.82, 2.24) is 4.31 Å². The highest BCUT2D eigenvalue weighted by Gasteiger charge is 2.30. The molecular formula is C18H14F2N4O2S. The molecule has 1 heterocycles. The number of hydrogen-bond donors (Lipinski definition) is 0. The van der Waals surface area contributed by atoms with Crippen LogP contribution >= 0.6 is 0 Å². The minimum absolute atomic E-state index is 0.0892. The van der Waals surface area contributed by atoms with Crippen molar-refractivity contribution in [3.8, 4) is 12.1 Å². The Labute approximate surface area is 155 Å². The molecule has 0 amide bonds. The SMILES string of the molecule is N#Cc1cccc(C#N)c1N1CCN(S(=O)(=O)c2ccc(F)c(F)c2)CC1. The van der Waals surface area contributed by atoms with Gasteiger partial charge < -0.3 is 4.90 Å². The lowest BCUT2D eigenvalue weighted by atomic mass is 10.1. The standard InChI is InChI=1S/C18H14F2N4O2S/c19-16-5-4-15(10-17(16)20)27(25,26)24-8-6-23(7-9-24)18-13(11-21)2-1-3-14(18)12-22/h1-5,10H,6-9H2. The lowest BCUT2D eigenvalue weighted by Crippen LogP contribution is -2.49. The molecule has 0 radical (unpaired) electrons. The summed E-state index contributed by atoms with van der Waals surface area (Å²) in [4.78, 5) is 1.47. The van der Waals surface area contributed by atoms with Gasteiger partial charge >= 0.3 is 0 Å². The second-order valence-electron chi connectivity index (χ2n) is 5.89. The molecular weight excluding hydrogens is 374 g/mol. The van der Waals surface area contributed by atoms with Gasteiger partial charge in [0, 0.05) is 26.2 Å². The van der Waals surface area contributed by atoms with E-state index in [0.717, 1.165) is 12.1 Å². The number of halogens is 2. The number of para-hydroxylation sites is 1. The molecule has 0 spiro atoms. The predicted octanol–water partition coefficient (Wildman–Crippen LogP) is 2.22. The molecule has 2 aromatic carbocycles. The molecule has 0 N–H and O–H groups in total. The number of benzene rings is 2. The third kappa shape index (κ3) is 3.47. The average Bonchev–Trinajstić information content (AvgIpc) is 2.69. The highest BCUT2D eigenvalue weighted by molar-refractivity contribution is 7.89. The number of piperazine rings is 1. The molecule has 1 aliphatic heterocycles. The van der Waals surface area contributed by atoms with Crippen molar-refractivity contribution in [2.75, 3.05) is 31.1 Å². The van der Waals surface area contributed by atoms with Crippen LogP contribution in [0.3, 0.4) is 0 Å². The second kappa shape index (κ2) is 7.31. The van der Waals surface area contributed by atoms with Crippen LogP contribution in [0.1, 0.15) is 11.1 Å². The Balaban J connectivity index is 1.83. The minimum Gasteiger partial charge on any atom is -0.367 e. The summed E-state index contributed by atoms with van der Waals surface area (Å²) in [6.07, 6.45) is 0. The van der Waals surface area contributed by atoms with Crippen LogP contribution in [-0.4, -0.2) is 38.9 Å². The summed E-state index contributed by atoms with van der Waals surface area (Å²) in [7, 11) is -3.97. The summed E-state index contributed by atoms with van der Waals surface area (Å²) in [5.41, 5.74) is 1.16. The largest absolute Gasteiger partial charge is 0.367 e. The van der Waals surface area contributed by atoms with E-state index in [1.807, 2.05) is 12.1 Å². The zero-order valence-electron chi connectivity index (χ0n) is 14.1. The molecule has 0 saturated carbocycles. The predicted molar refractivity (Wildman–Crippen MR) is 93.2 cm³/mol. The van der Waals surface area contributed by atoms with Gasteiger partial charge in [-0.25, -0.2) is 17.2 Å². The van der Waals surface area contributed by atoms with Gasteiger partial charge in [-0.2, -0.15) is 14.8 Å². The van der Waals surface area contributed by atoms with Crippen molar-refractivity contribution >= 4 is 15.7 Å². The number of rotatable bonds is 3. The summed E-state index contributed by atoms with van der Waals surface area (Å²) in [6, 6.07) is 11.4. The first kappa shape index (κ1) is 18.8. The first-order chi connectivity index (χ1) is 12.9. The topological polar surface area (TPSA) is 88.2 Å². The summed E-state index contributed by atoms with van der Waals surface area (Å²) in [5.74, 6) is -2.34. The highest BCUT2D eigenvalue weighted by Crippen LogP contribution is 2.27. The lowest BCUT2D eigenvalue weighted by Gasteiger charge is -2.36. The van der Waals surface area contributed by atoms with Crippen molar-refractivity contribution in [3.05, 3.63) is 59.2 Å². The van der Waals surface area contributed by atoms with E-state index < -0.39 is 21.7 Å². The van der Waals surface area contributed by atoms with Crippen LogP contribution in [0.5, 0.6) is 0 Å². The first-order valence-corrected chi connectivity index (χ1v) is 9.46. The third-order valence-electron chi connectivity index (χ3n) is 4.36. The van der Waals surface area contributed by atoms with Crippen LogP contribution in [0.4, 0.5) is 14.5 Å². The molecule has 0 aliphatic carbocycles. The molecule has 0 atom stereocenters. The fourth-order valence-electron chi connectivity index (χ4n) is 3.00. The van der Waals surface area contributed by atoms with Crippen molar-refractivity contribution < 1.29 is 17.2 Å². The maximum Gasteiger partial charge on any atom is 0.243 e. The molecule has 1 saturated heterocycles. The van der Waals surface area contributed by atoms with Gasteiger partial charge in [-0.3, -0.25) is 0 Å². The van der Waals surface area contributed by atoms with Crippen LogP contribution in [0, 0.1) is 34.3 Å². The number of nitrogens with zero attached hydrogens (tertiary/aromatic N) is 4. The van der Waals surface area contributed by atoms with Crippen LogP contribution in [0.2, 0.25) is 0 Å². The molecule has 27 heavy (non-hydrogen) atoms. The van der Waals surface area contributed by atoms with Crippen molar-refractivity contribution in [3.63, 3.8) is 0 Å². The Morgan fingerprint density at radius 3 is 2.00 bits per heavy atom. The van der Waals surface area contributed by atoms with Gasteiger partial charge in [-0.1, -0.05) is 6.07 Å². The fourth-order valence-corrected chi connectivity index (χ4v) is 4.44. The van der Waals surface area contributed by atoms with Crippen LogP contribution in [0.15, 0.2) is 41.3 Å². The fraction of sp³-hybridized carbons (Fsp3) is 0.222. The van der Waals surface area contributed by atoms with E-state index in [1.54, 1.807) is 23.1 Å². The lowest BCUT2D eigenvalue weighted by molar-refractivity contribution is 0.384. The molecule has 6 nitrogen and oxygen atoms in total. The Kier molecular flexibility index (Phi) is 5.08. The number of anilines is 1. The molecule has 2 aromatic rings. The maximum atomic E-state index is 13.4. The quantitative estimate of drug-likeness (QED) is 0.805. The van der Waals surface area contributed by atoms with Crippen molar-refractivity contribution in [1.29, 1.82) is 10.5 Å². The van der Waals surface area contributed by atoms with E-state index in [4.69, 9.17) is 0 Å². The van der Waals surface area contributed by atoms with E-state index in [0.29, 0.717) is 22.9 Å². The Bertz CT molecular complexity index is 1030. The van der Waals surface area contributed by atoms with Gasteiger partial charge in [0.2, 0.25) is 10.0 Å². The number of sulfonamides is 1. The van der Waals surface area contributed by atoms with E-state index in [9.17, 15) is 27.7 Å². The first-order valence-electron chi connectivity index (χ1n) is 8.02. The van der Waals surface area contributed by atoms with E-state index in [1.165, 1.54) is 4.31 Å². The average molecular weight is 388 g/mol. The molecule has 138 valence electrons. The summed E-state index contributed by atoms with van der Waals surface area (Å²) >= 11 is 0. The van der Waals surface area contributed by atoms with E-state index in [-0.39, 0.29) is 31.1 Å². The van der Waals surface area contributed by atoms with Crippen LogP contribution < -0.4 is 4.90 Å². The highest BCUT2D eigenvalue weighted by atomic mass is 32.2. The molecule has 0 aromatic heterocycles. The summed E-state index contributed by atoms with van der Waals surface area (Å²) < 4.78 is 53.0. The van der Waals surface area contributed by atoms with Gasteiger partial charge in [-0.15, -0.1) is 0 Å². The Hall–Kier alpha value is -3.01. The number of nitriles is 2. The number of hydrogen-bond acceptors (Lipinski definition) is 5. The molecule has 0 bridgehead atoms. The van der Waals surface area contributed by atoms with Gasteiger partial charge in [-0.05, 0) is 30.3 Å². The van der Waals surface area contributed by atoms with Gasteiger partial charge in [0.1, 0.15) is 12.1 Å². The summed E-state index contributed by atoms with van der Waals surface area (Å²) in [5, 5.41) is 18.6. The zero-order valence-corrected chi connectivity index (χ0v) is 14.9. The van der Waals surface area contributed by atoms with Gasteiger partial charge in [0.05, 0.1) is 21.7 Å².